The molecule has 1 heterocycles. The maximum atomic E-state index is 10.7. The molecule has 1 aromatic heterocycles. The standard InChI is InChI=1S/C8H9N3O/c1-6(12)11-7-3-2-4-10-8(7)5-9/h2-5,9H,1H3,(H,11,12). The number of hydrogen-bond acceptors (Lipinski definition) is 3. The molecule has 0 aliphatic rings. The Morgan fingerprint density at radius 2 is 2.50 bits per heavy atom. The van der Waals surface area contributed by atoms with Gasteiger partial charge in [-0.15, -0.1) is 0 Å². The molecule has 12 heavy (non-hydrogen) atoms. The summed E-state index contributed by atoms with van der Waals surface area (Å²) in [5.74, 6) is -0.161. The minimum absolute atomic E-state index is 0.161. The predicted octanol–water partition coefficient (Wildman–Crippen LogP) is 1.04. The molecular formula is C8H9N3O. The van der Waals surface area contributed by atoms with E-state index in [9.17, 15) is 4.79 Å². The van der Waals surface area contributed by atoms with Crippen LogP contribution in [0.3, 0.4) is 0 Å². The first-order chi connectivity index (χ1) is 5.74. The molecule has 0 radical (unpaired) electrons. The van der Waals surface area contributed by atoms with Crippen molar-refractivity contribution in [3.63, 3.8) is 0 Å². The summed E-state index contributed by atoms with van der Waals surface area (Å²) >= 11 is 0. The molecule has 0 aliphatic heterocycles. The van der Waals surface area contributed by atoms with Crippen molar-refractivity contribution in [2.75, 3.05) is 5.32 Å². The molecule has 4 nitrogen and oxygen atoms in total. The van der Waals surface area contributed by atoms with E-state index in [0.717, 1.165) is 6.21 Å². The summed E-state index contributed by atoms with van der Waals surface area (Å²) in [6, 6.07) is 3.41. The summed E-state index contributed by atoms with van der Waals surface area (Å²) in [4.78, 5) is 14.6. The average Bonchev–Trinajstić information content (AvgIpc) is 2.04. The summed E-state index contributed by atoms with van der Waals surface area (Å²) < 4.78 is 0. The Morgan fingerprint density at radius 1 is 1.75 bits per heavy atom. The average molecular weight is 163 g/mol. The van der Waals surface area contributed by atoms with Crippen LogP contribution in [0.15, 0.2) is 18.3 Å². The van der Waals surface area contributed by atoms with Gasteiger partial charge >= 0.3 is 0 Å². The molecule has 0 fully saturated rings. The molecule has 0 atom stereocenters. The Labute approximate surface area is 70.1 Å². The van der Waals surface area contributed by atoms with Gasteiger partial charge in [-0.2, -0.15) is 0 Å². The maximum Gasteiger partial charge on any atom is 0.221 e. The molecular weight excluding hydrogens is 154 g/mol. The van der Waals surface area contributed by atoms with Gasteiger partial charge in [0.1, 0.15) is 5.69 Å². The number of hydrogen-bond donors (Lipinski definition) is 2. The van der Waals surface area contributed by atoms with Crippen molar-refractivity contribution in [2.45, 2.75) is 6.92 Å². The highest BCUT2D eigenvalue weighted by Gasteiger charge is 2.00. The first kappa shape index (κ1) is 8.39. The monoisotopic (exact) mass is 163 g/mol. The van der Waals surface area contributed by atoms with Crippen LogP contribution >= 0.6 is 0 Å². The number of rotatable bonds is 2. The lowest BCUT2D eigenvalue weighted by Crippen LogP contribution is -2.08. The Hall–Kier alpha value is -1.71. The zero-order valence-corrected chi connectivity index (χ0v) is 6.66. The van der Waals surface area contributed by atoms with Crippen molar-refractivity contribution >= 4 is 17.8 Å². The normalized spacial score (nSPS) is 9.08. The van der Waals surface area contributed by atoms with E-state index in [-0.39, 0.29) is 5.91 Å². The van der Waals surface area contributed by atoms with Crippen molar-refractivity contribution in [3.8, 4) is 0 Å². The van der Waals surface area contributed by atoms with Gasteiger partial charge in [0.05, 0.1) is 5.69 Å². The van der Waals surface area contributed by atoms with Gasteiger partial charge in [-0.1, -0.05) is 0 Å². The number of anilines is 1. The van der Waals surface area contributed by atoms with E-state index in [1.54, 1.807) is 18.3 Å². The van der Waals surface area contributed by atoms with Crippen LogP contribution in [-0.2, 0) is 4.79 Å². The highest BCUT2D eigenvalue weighted by molar-refractivity contribution is 5.94. The topological polar surface area (TPSA) is 65.8 Å². The maximum absolute atomic E-state index is 10.7. The van der Waals surface area contributed by atoms with Crippen LogP contribution in [0.25, 0.3) is 0 Å². The smallest absolute Gasteiger partial charge is 0.221 e. The largest absolute Gasteiger partial charge is 0.324 e. The van der Waals surface area contributed by atoms with E-state index < -0.39 is 0 Å². The van der Waals surface area contributed by atoms with Gasteiger partial charge < -0.3 is 10.7 Å². The third-order valence-corrected chi connectivity index (χ3v) is 1.29. The minimum atomic E-state index is -0.161. The molecule has 2 N–H and O–H groups in total. The van der Waals surface area contributed by atoms with Gasteiger partial charge in [0.2, 0.25) is 5.91 Å². The highest BCUT2D eigenvalue weighted by Crippen LogP contribution is 2.08. The van der Waals surface area contributed by atoms with Crippen LogP contribution in [0.2, 0.25) is 0 Å². The number of amides is 1. The Bertz CT molecular complexity index is 309. The second kappa shape index (κ2) is 3.61. The first-order valence-electron chi connectivity index (χ1n) is 3.47. The van der Waals surface area contributed by atoms with Crippen molar-refractivity contribution in [1.82, 2.24) is 4.98 Å². The minimum Gasteiger partial charge on any atom is -0.324 e. The highest BCUT2D eigenvalue weighted by atomic mass is 16.1. The molecule has 0 spiro atoms. The van der Waals surface area contributed by atoms with Crippen LogP contribution in [0, 0.1) is 5.41 Å². The van der Waals surface area contributed by atoms with E-state index in [1.165, 1.54) is 6.92 Å². The van der Waals surface area contributed by atoms with Crippen LogP contribution in [-0.4, -0.2) is 17.1 Å². The fourth-order valence-electron chi connectivity index (χ4n) is 0.828. The number of nitrogens with one attached hydrogen (secondary N) is 2. The number of nitrogens with zero attached hydrogens (tertiary/aromatic N) is 1. The number of carbonyl (C=O) groups is 1. The van der Waals surface area contributed by atoms with E-state index in [4.69, 9.17) is 5.41 Å². The zero-order chi connectivity index (χ0) is 8.97. The van der Waals surface area contributed by atoms with E-state index in [1.807, 2.05) is 0 Å². The van der Waals surface area contributed by atoms with Crippen LogP contribution in [0.5, 0.6) is 0 Å². The van der Waals surface area contributed by atoms with Crippen molar-refractivity contribution in [1.29, 1.82) is 5.41 Å². The molecule has 0 aromatic carbocycles. The fourth-order valence-corrected chi connectivity index (χ4v) is 0.828. The molecule has 0 unspecified atom stereocenters. The number of carbonyl (C=O) groups excluding carboxylic acids is 1. The molecule has 62 valence electrons. The predicted molar refractivity (Wildman–Crippen MR) is 46.4 cm³/mol. The fraction of sp³-hybridized carbons (Fsp3) is 0.125. The second-order valence-electron chi connectivity index (χ2n) is 2.26. The molecule has 1 amide bonds. The Morgan fingerprint density at radius 3 is 3.08 bits per heavy atom. The van der Waals surface area contributed by atoms with Gasteiger partial charge in [-0.25, -0.2) is 0 Å². The van der Waals surface area contributed by atoms with E-state index in [2.05, 4.69) is 10.3 Å². The van der Waals surface area contributed by atoms with Crippen molar-refractivity contribution in [3.05, 3.63) is 24.0 Å². The molecule has 0 saturated carbocycles. The third-order valence-electron chi connectivity index (χ3n) is 1.29. The lowest BCUT2D eigenvalue weighted by Gasteiger charge is -2.03. The van der Waals surface area contributed by atoms with E-state index in [0.29, 0.717) is 11.4 Å². The summed E-state index contributed by atoms with van der Waals surface area (Å²) in [7, 11) is 0. The number of aromatic nitrogens is 1. The van der Waals surface area contributed by atoms with Gasteiger partial charge in [-0.05, 0) is 12.1 Å². The summed E-state index contributed by atoms with van der Waals surface area (Å²) in [5.41, 5.74) is 1.03. The third kappa shape index (κ3) is 1.88. The van der Waals surface area contributed by atoms with Crippen LogP contribution in [0.4, 0.5) is 5.69 Å². The summed E-state index contributed by atoms with van der Waals surface area (Å²) in [5, 5.41) is 9.56. The van der Waals surface area contributed by atoms with Gasteiger partial charge in [0.25, 0.3) is 0 Å². The van der Waals surface area contributed by atoms with Crippen molar-refractivity contribution in [2.24, 2.45) is 0 Å². The van der Waals surface area contributed by atoms with Gasteiger partial charge in [0.15, 0.2) is 0 Å². The lowest BCUT2D eigenvalue weighted by molar-refractivity contribution is -0.114. The summed E-state index contributed by atoms with van der Waals surface area (Å²) in [6.07, 6.45) is 2.68. The van der Waals surface area contributed by atoms with Gasteiger partial charge in [-0.3, -0.25) is 9.78 Å². The molecule has 1 rings (SSSR count). The quantitative estimate of drug-likeness (QED) is 0.639. The molecule has 1 aromatic rings. The molecule has 4 heteroatoms. The SMILES string of the molecule is CC(=O)Nc1cccnc1C=N. The summed E-state index contributed by atoms with van der Waals surface area (Å²) in [6.45, 7) is 1.42. The Balaban J connectivity index is 2.96. The Kier molecular flexibility index (Phi) is 2.53. The molecule has 0 aliphatic carbocycles. The van der Waals surface area contributed by atoms with Gasteiger partial charge in [0, 0.05) is 19.3 Å². The first-order valence-corrected chi connectivity index (χ1v) is 3.47. The number of pyridine rings is 1. The van der Waals surface area contributed by atoms with Crippen LogP contribution in [0.1, 0.15) is 12.6 Å². The molecule has 0 bridgehead atoms. The lowest BCUT2D eigenvalue weighted by atomic mass is 10.3. The second-order valence-corrected chi connectivity index (χ2v) is 2.26. The van der Waals surface area contributed by atoms with Crippen molar-refractivity contribution < 1.29 is 4.79 Å². The zero-order valence-electron chi connectivity index (χ0n) is 6.66. The van der Waals surface area contributed by atoms with E-state index >= 15 is 0 Å². The molecule has 0 saturated heterocycles. The van der Waals surface area contributed by atoms with Crippen LogP contribution < -0.4 is 5.32 Å².